The second-order valence-corrected chi connectivity index (χ2v) is 7.17. The molecule has 6 nitrogen and oxygen atoms in total. The number of carbonyl (C=O) groups is 1. The zero-order valence-electron chi connectivity index (χ0n) is 15.0. The molecule has 0 saturated carbocycles. The van der Waals surface area contributed by atoms with Gasteiger partial charge in [-0.1, -0.05) is 23.2 Å². The van der Waals surface area contributed by atoms with Gasteiger partial charge in [-0.05, 0) is 36.4 Å². The lowest BCUT2D eigenvalue weighted by molar-refractivity contribution is 0.102. The molecule has 144 valence electrons. The first-order chi connectivity index (χ1) is 13.5. The van der Waals surface area contributed by atoms with Gasteiger partial charge < -0.3 is 14.8 Å². The summed E-state index contributed by atoms with van der Waals surface area (Å²) in [6.07, 6.45) is 2.50. The van der Waals surface area contributed by atoms with Crippen molar-refractivity contribution in [1.82, 2.24) is 9.78 Å². The number of benzene rings is 2. The lowest BCUT2D eigenvalue weighted by atomic mass is 10.1. The fraction of sp³-hybridized carbons (Fsp3) is 0.200. The van der Waals surface area contributed by atoms with Crippen LogP contribution >= 0.6 is 23.2 Å². The van der Waals surface area contributed by atoms with Crippen LogP contribution in [0.5, 0.6) is 11.5 Å². The number of fused-ring (bicyclic) bond motifs is 1. The molecule has 0 fully saturated rings. The summed E-state index contributed by atoms with van der Waals surface area (Å²) in [5.74, 6) is 1.05. The van der Waals surface area contributed by atoms with Crippen LogP contribution < -0.4 is 14.8 Å². The average molecular weight is 418 g/mol. The van der Waals surface area contributed by atoms with Crippen LogP contribution in [0.25, 0.3) is 11.3 Å². The lowest BCUT2D eigenvalue weighted by Gasteiger charge is -2.10. The van der Waals surface area contributed by atoms with Gasteiger partial charge in [0.1, 0.15) is 5.69 Å². The minimum atomic E-state index is -0.298. The summed E-state index contributed by atoms with van der Waals surface area (Å²) < 4.78 is 13.0. The number of nitrogens with one attached hydrogen (secondary N) is 1. The molecule has 0 bridgehead atoms. The number of anilines is 1. The van der Waals surface area contributed by atoms with Gasteiger partial charge >= 0.3 is 0 Å². The van der Waals surface area contributed by atoms with E-state index in [1.165, 1.54) is 0 Å². The number of rotatable bonds is 3. The summed E-state index contributed by atoms with van der Waals surface area (Å²) in [5, 5.41) is 8.08. The van der Waals surface area contributed by atoms with E-state index >= 15 is 0 Å². The summed E-state index contributed by atoms with van der Waals surface area (Å²) in [5.41, 5.74) is 2.30. The van der Waals surface area contributed by atoms with Crippen LogP contribution in [0.15, 0.2) is 42.6 Å². The van der Waals surface area contributed by atoms with Gasteiger partial charge in [0.15, 0.2) is 11.5 Å². The molecule has 2 heterocycles. The smallest absolute Gasteiger partial charge is 0.259 e. The Kier molecular flexibility index (Phi) is 5.15. The molecular weight excluding hydrogens is 401 g/mol. The molecule has 4 rings (SSSR count). The van der Waals surface area contributed by atoms with Crippen molar-refractivity contribution < 1.29 is 14.3 Å². The van der Waals surface area contributed by atoms with Gasteiger partial charge in [-0.15, -0.1) is 0 Å². The highest BCUT2D eigenvalue weighted by molar-refractivity contribution is 6.42. The number of nitrogens with zero attached hydrogens (tertiary/aromatic N) is 2. The summed E-state index contributed by atoms with van der Waals surface area (Å²) >= 11 is 12.0. The Morgan fingerprint density at radius 2 is 1.86 bits per heavy atom. The molecule has 2 aromatic carbocycles. The van der Waals surface area contributed by atoms with E-state index in [9.17, 15) is 4.79 Å². The van der Waals surface area contributed by atoms with E-state index in [1.807, 2.05) is 18.2 Å². The molecule has 0 radical (unpaired) electrons. The van der Waals surface area contributed by atoms with E-state index in [-0.39, 0.29) is 5.91 Å². The second kappa shape index (κ2) is 7.73. The van der Waals surface area contributed by atoms with Gasteiger partial charge in [-0.25, -0.2) is 0 Å². The Bertz CT molecular complexity index is 1050. The van der Waals surface area contributed by atoms with Gasteiger partial charge in [0.25, 0.3) is 5.91 Å². The number of hydrogen-bond acceptors (Lipinski definition) is 4. The van der Waals surface area contributed by atoms with Crippen molar-refractivity contribution >= 4 is 34.8 Å². The molecule has 1 aliphatic rings. The fourth-order valence-corrected chi connectivity index (χ4v) is 3.25. The molecule has 1 amide bonds. The van der Waals surface area contributed by atoms with Crippen LogP contribution in [0.2, 0.25) is 10.0 Å². The summed E-state index contributed by atoms with van der Waals surface area (Å²) in [7, 11) is 1.77. The quantitative estimate of drug-likeness (QED) is 0.663. The second-order valence-electron chi connectivity index (χ2n) is 6.36. The number of aromatic nitrogens is 2. The van der Waals surface area contributed by atoms with E-state index in [4.69, 9.17) is 32.7 Å². The Morgan fingerprint density at radius 1 is 1.07 bits per heavy atom. The first-order valence-corrected chi connectivity index (χ1v) is 9.47. The molecule has 8 heteroatoms. The molecule has 28 heavy (non-hydrogen) atoms. The summed E-state index contributed by atoms with van der Waals surface area (Å²) in [6, 6.07) is 10.5. The molecule has 1 aromatic heterocycles. The number of amides is 1. The van der Waals surface area contributed by atoms with Crippen LogP contribution in [-0.4, -0.2) is 28.9 Å². The molecule has 0 atom stereocenters. The Balaban J connectivity index is 1.66. The zero-order valence-corrected chi connectivity index (χ0v) is 16.5. The fourth-order valence-electron chi connectivity index (χ4n) is 2.95. The number of halogens is 2. The van der Waals surface area contributed by atoms with Crippen LogP contribution in [0.1, 0.15) is 16.8 Å². The van der Waals surface area contributed by atoms with E-state index in [0.29, 0.717) is 51.7 Å². The summed E-state index contributed by atoms with van der Waals surface area (Å²) in [6.45, 7) is 1.20. The highest BCUT2D eigenvalue weighted by atomic mass is 35.5. The Morgan fingerprint density at radius 3 is 2.64 bits per heavy atom. The van der Waals surface area contributed by atoms with Crippen molar-refractivity contribution in [3.63, 3.8) is 0 Å². The van der Waals surface area contributed by atoms with Gasteiger partial charge in [0, 0.05) is 30.9 Å². The van der Waals surface area contributed by atoms with Crippen molar-refractivity contribution in [2.45, 2.75) is 6.42 Å². The van der Waals surface area contributed by atoms with Crippen LogP contribution in [0, 0.1) is 0 Å². The van der Waals surface area contributed by atoms with Crippen molar-refractivity contribution in [2.75, 3.05) is 18.5 Å². The molecule has 0 spiro atoms. The van der Waals surface area contributed by atoms with E-state index in [2.05, 4.69) is 10.4 Å². The van der Waals surface area contributed by atoms with E-state index in [0.717, 1.165) is 12.0 Å². The highest BCUT2D eigenvalue weighted by Gasteiger charge is 2.20. The Hall–Kier alpha value is -2.70. The minimum absolute atomic E-state index is 0.298. The SMILES string of the molecule is Cn1cc(C(=O)Nc2ccc(Cl)c(Cl)c2)c(-c2ccc3c(c2)OCCCO3)n1. The third kappa shape index (κ3) is 3.79. The Labute approximate surface area is 172 Å². The third-order valence-corrected chi connectivity index (χ3v) is 5.01. The average Bonchev–Trinajstić information content (AvgIpc) is 2.92. The number of hydrogen-bond donors (Lipinski definition) is 1. The van der Waals surface area contributed by atoms with Gasteiger partial charge in [-0.3, -0.25) is 9.48 Å². The van der Waals surface area contributed by atoms with Gasteiger partial charge in [0.2, 0.25) is 0 Å². The number of carbonyl (C=O) groups excluding carboxylic acids is 1. The van der Waals surface area contributed by atoms with Gasteiger partial charge in [0.05, 0.1) is 28.8 Å². The first kappa shape index (κ1) is 18.7. The van der Waals surface area contributed by atoms with Gasteiger partial charge in [-0.2, -0.15) is 5.10 Å². The maximum Gasteiger partial charge on any atom is 0.259 e. The maximum absolute atomic E-state index is 12.9. The van der Waals surface area contributed by atoms with Crippen molar-refractivity contribution in [1.29, 1.82) is 0 Å². The highest BCUT2D eigenvalue weighted by Crippen LogP contribution is 2.35. The topological polar surface area (TPSA) is 65.4 Å². The normalized spacial score (nSPS) is 13.1. The minimum Gasteiger partial charge on any atom is -0.490 e. The van der Waals surface area contributed by atoms with Crippen LogP contribution in [-0.2, 0) is 7.05 Å². The molecule has 1 N–H and O–H groups in total. The lowest BCUT2D eigenvalue weighted by Crippen LogP contribution is -2.12. The summed E-state index contributed by atoms with van der Waals surface area (Å²) in [4.78, 5) is 12.9. The molecular formula is C20H17Cl2N3O3. The third-order valence-electron chi connectivity index (χ3n) is 4.27. The first-order valence-electron chi connectivity index (χ1n) is 8.71. The molecule has 0 unspecified atom stereocenters. The van der Waals surface area contributed by atoms with Crippen LogP contribution in [0.3, 0.4) is 0 Å². The monoisotopic (exact) mass is 417 g/mol. The largest absolute Gasteiger partial charge is 0.490 e. The molecule has 0 saturated heterocycles. The van der Waals surface area contributed by atoms with Crippen molar-refractivity contribution in [3.8, 4) is 22.8 Å². The molecule has 0 aliphatic carbocycles. The van der Waals surface area contributed by atoms with Crippen molar-refractivity contribution in [2.24, 2.45) is 7.05 Å². The number of aryl methyl sites for hydroxylation is 1. The molecule has 3 aromatic rings. The predicted molar refractivity (Wildman–Crippen MR) is 109 cm³/mol. The maximum atomic E-state index is 12.9. The van der Waals surface area contributed by atoms with Crippen LogP contribution in [0.4, 0.5) is 5.69 Å². The molecule has 1 aliphatic heterocycles. The predicted octanol–water partition coefficient (Wildman–Crippen LogP) is 4.81. The zero-order chi connectivity index (χ0) is 19.7. The standard InChI is InChI=1S/C20H17Cl2N3O3/c1-25-11-14(20(26)23-13-4-5-15(21)16(22)10-13)19(24-25)12-3-6-17-18(9-12)28-8-2-7-27-17/h3-6,9-11H,2,7-8H2,1H3,(H,23,26). The number of ether oxygens (including phenoxy) is 2. The van der Waals surface area contributed by atoms with E-state index in [1.54, 1.807) is 36.1 Å². The van der Waals surface area contributed by atoms with E-state index < -0.39 is 0 Å². The van der Waals surface area contributed by atoms with Crippen molar-refractivity contribution in [3.05, 3.63) is 58.2 Å².